The van der Waals surface area contributed by atoms with E-state index in [-0.39, 0.29) is 33.3 Å². The predicted octanol–water partition coefficient (Wildman–Crippen LogP) is 6.15. The fourth-order valence-electron chi connectivity index (χ4n) is 7.85. The molecule has 0 aromatic heterocycles. The van der Waals surface area contributed by atoms with Gasteiger partial charge in [-0.05, 0) is 111 Å². The molecule has 282 valence electrons. The van der Waals surface area contributed by atoms with Gasteiger partial charge in [0.1, 0.15) is 5.75 Å². The summed E-state index contributed by atoms with van der Waals surface area (Å²) in [7, 11) is -7.81. The van der Waals surface area contributed by atoms with Gasteiger partial charge in [-0.2, -0.15) is 0 Å². The van der Waals surface area contributed by atoms with Crippen LogP contribution in [-0.4, -0.2) is 71.9 Å². The molecule has 5 aromatic rings. The minimum Gasteiger partial charge on any atom is -0.423 e. The maximum absolute atomic E-state index is 13.8. The van der Waals surface area contributed by atoms with Crippen LogP contribution in [-0.2, 0) is 32.9 Å². The van der Waals surface area contributed by atoms with Gasteiger partial charge in [-0.1, -0.05) is 48.5 Å². The molecule has 5 aromatic carbocycles. The number of sulfonamides is 2. The number of hydrogen-bond acceptors (Lipinski definition) is 8. The highest BCUT2D eigenvalue weighted by Crippen LogP contribution is 2.38. The van der Waals surface area contributed by atoms with E-state index < -0.39 is 26.0 Å². The number of benzene rings is 5. The molecular weight excluding hydrogens is 737 g/mol. The number of fused-ring (bicyclic) bond motifs is 2. The highest BCUT2D eigenvalue weighted by molar-refractivity contribution is 7.93. The number of hydrogen-bond donors (Lipinski definition) is 0. The van der Waals surface area contributed by atoms with Crippen LogP contribution < -0.4 is 18.2 Å². The lowest BCUT2D eigenvalue weighted by molar-refractivity contribution is 0.0731. The van der Waals surface area contributed by atoms with E-state index in [1.807, 2.05) is 68.4 Å². The van der Waals surface area contributed by atoms with Crippen molar-refractivity contribution in [3.63, 3.8) is 0 Å². The molecular formula is C42H40N4O7S2. The Morgan fingerprint density at radius 2 is 1.07 bits per heavy atom. The summed E-state index contributed by atoms with van der Waals surface area (Å²) >= 11 is 0. The second kappa shape index (κ2) is 14.2. The molecule has 3 aliphatic rings. The third kappa shape index (κ3) is 6.71. The van der Waals surface area contributed by atoms with Gasteiger partial charge < -0.3 is 14.5 Å². The summed E-state index contributed by atoms with van der Waals surface area (Å²) in [5, 5.41) is 0. The first-order valence-electron chi connectivity index (χ1n) is 18.2. The van der Waals surface area contributed by atoms with Crippen LogP contribution in [0.2, 0.25) is 0 Å². The Labute approximate surface area is 321 Å². The average Bonchev–Trinajstić information content (AvgIpc) is 3.74. The van der Waals surface area contributed by atoms with E-state index in [1.165, 1.54) is 45.0 Å². The van der Waals surface area contributed by atoms with Crippen LogP contribution in [0.4, 0.5) is 17.1 Å². The zero-order chi connectivity index (χ0) is 38.5. The van der Waals surface area contributed by atoms with Gasteiger partial charge in [0.05, 0.1) is 26.7 Å². The minimum absolute atomic E-state index is 0.0130. The van der Waals surface area contributed by atoms with E-state index in [4.69, 9.17) is 4.74 Å². The molecule has 8 rings (SSSR count). The number of carbonyl (C=O) groups excluding carboxylic acids is 2. The molecule has 55 heavy (non-hydrogen) atoms. The van der Waals surface area contributed by atoms with E-state index >= 15 is 0 Å². The molecule has 2 unspecified atom stereocenters. The SMILES string of the molecule is CC1Cc2ccccc2N1S(=O)(=O)c1cccc(C(=O)Oc2ccc(N3CCN(C(=O)c4cccc(S(=O)(=O)N5c6ccccc6CC5C)c4)CC3)cc2)c1. The molecule has 0 radical (unpaired) electrons. The molecule has 3 aliphatic heterocycles. The lowest BCUT2D eigenvalue weighted by atomic mass is 10.1. The van der Waals surface area contributed by atoms with Crippen molar-refractivity contribution in [1.82, 2.24) is 4.90 Å². The number of carbonyl (C=O) groups is 2. The largest absolute Gasteiger partial charge is 0.423 e. The van der Waals surface area contributed by atoms with Gasteiger partial charge >= 0.3 is 5.97 Å². The summed E-state index contributed by atoms with van der Waals surface area (Å²) in [5.74, 6) is -0.603. The number of nitrogens with zero attached hydrogens (tertiary/aromatic N) is 4. The van der Waals surface area contributed by atoms with Crippen LogP contribution in [0.25, 0.3) is 0 Å². The van der Waals surface area contributed by atoms with Gasteiger partial charge in [-0.25, -0.2) is 21.6 Å². The van der Waals surface area contributed by atoms with Crippen LogP contribution in [0.1, 0.15) is 45.7 Å². The molecule has 0 bridgehead atoms. The molecule has 1 fully saturated rings. The summed E-state index contributed by atoms with van der Waals surface area (Å²) in [6, 6.07) is 33.6. The van der Waals surface area contributed by atoms with Gasteiger partial charge in [-0.3, -0.25) is 13.4 Å². The molecule has 0 spiro atoms. The number of para-hydroxylation sites is 2. The highest BCUT2D eigenvalue weighted by atomic mass is 32.2. The summed E-state index contributed by atoms with van der Waals surface area (Å²) in [6.07, 6.45) is 1.24. The highest BCUT2D eigenvalue weighted by Gasteiger charge is 2.37. The Bertz CT molecular complexity index is 2520. The smallest absolute Gasteiger partial charge is 0.343 e. The van der Waals surface area contributed by atoms with Crippen molar-refractivity contribution in [2.24, 2.45) is 0 Å². The van der Waals surface area contributed by atoms with Crippen LogP contribution in [0, 0.1) is 0 Å². The molecule has 0 saturated carbocycles. The first-order valence-corrected chi connectivity index (χ1v) is 21.1. The van der Waals surface area contributed by atoms with Gasteiger partial charge in [-0.15, -0.1) is 0 Å². The molecule has 2 atom stereocenters. The van der Waals surface area contributed by atoms with Gasteiger partial charge in [0.2, 0.25) is 0 Å². The fourth-order valence-corrected chi connectivity index (χ4v) is 11.3. The van der Waals surface area contributed by atoms with Crippen molar-refractivity contribution in [2.75, 3.05) is 39.7 Å². The Kier molecular flexibility index (Phi) is 9.38. The van der Waals surface area contributed by atoms with Crippen molar-refractivity contribution in [2.45, 2.75) is 48.6 Å². The number of esters is 1. The maximum Gasteiger partial charge on any atom is 0.343 e. The standard InChI is InChI=1S/C42H40N4O7S2/c1-29-25-31-9-3-5-15-39(31)45(29)54(49,50)37-13-7-11-33(27-37)41(47)44-23-21-43(22-24-44)35-17-19-36(20-18-35)53-42(48)34-12-8-14-38(28-34)55(51,52)46-30(2)26-32-10-4-6-16-40(32)46/h3-20,27-30H,21-26H2,1-2H3. The summed E-state index contributed by atoms with van der Waals surface area (Å²) < 4.78 is 63.5. The minimum atomic E-state index is -3.93. The number of piperazine rings is 1. The van der Waals surface area contributed by atoms with Crippen molar-refractivity contribution >= 4 is 49.0 Å². The zero-order valence-corrected chi connectivity index (χ0v) is 32.0. The Morgan fingerprint density at radius 1 is 0.582 bits per heavy atom. The Morgan fingerprint density at radius 3 is 1.62 bits per heavy atom. The lowest BCUT2D eigenvalue weighted by Gasteiger charge is -2.36. The molecule has 1 amide bonds. The summed E-state index contributed by atoms with van der Waals surface area (Å²) in [5.41, 5.74) is 4.58. The summed E-state index contributed by atoms with van der Waals surface area (Å²) in [6.45, 7) is 5.72. The van der Waals surface area contributed by atoms with Gasteiger partial charge in [0.25, 0.3) is 26.0 Å². The Balaban J connectivity index is 0.889. The van der Waals surface area contributed by atoms with Crippen molar-refractivity contribution < 1.29 is 31.2 Å². The van der Waals surface area contributed by atoms with Gasteiger partial charge in [0, 0.05) is 49.5 Å². The third-order valence-electron chi connectivity index (χ3n) is 10.5. The zero-order valence-electron chi connectivity index (χ0n) is 30.4. The third-order valence-corrected chi connectivity index (χ3v) is 14.4. The second-order valence-electron chi connectivity index (χ2n) is 14.2. The van der Waals surface area contributed by atoms with E-state index in [1.54, 1.807) is 35.2 Å². The summed E-state index contributed by atoms with van der Waals surface area (Å²) in [4.78, 5) is 30.7. The molecule has 11 nitrogen and oxygen atoms in total. The van der Waals surface area contributed by atoms with Crippen LogP contribution in [0.3, 0.4) is 0 Å². The van der Waals surface area contributed by atoms with Gasteiger partial charge in [0.15, 0.2) is 0 Å². The normalized spacial score (nSPS) is 18.2. The number of amides is 1. The molecule has 0 aliphatic carbocycles. The molecule has 1 saturated heterocycles. The van der Waals surface area contributed by atoms with E-state index in [0.29, 0.717) is 61.7 Å². The topological polar surface area (TPSA) is 125 Å². The first kappa shape index (κ1) is 36.3. The second-order valence-corrected chi connectivity index (χ2v) is 17.8. The lowest BCUT2D eigenvalue weighted by Crippen LogP contribution is -2.48. The van der Waals surface area contributed by atoms with Crippen molar-refractivity contribution in [1.29, 1.82) is 0 Å². The predicted molar refractivity (Wildman–Crippen MR) is 211 cm³/mol. The average molecular weight is 777 g/mol. The molecule has 3 heterocycles. The van der Waals surface area contributed by atoms with Crippen LogP contribution >= 0.6 is 0 Å². The monoisotopic (exact) mass is 776 g/mol. The number of anilines is 3. The van der Waals surface area contributed by atoms with E-state index in [9.17, 15) is 26.4 Å². The Hall–Kier alpha value is -5.66. The van der Waals surface area contributed by atoms with Crippen LogP contribution in [0.5, 0.6) is 5.75 Å². The van der Waals surface area contributed by atoms with Crippen molar-refractivity contribution in [3.8, 4) is 5.75 Å². The number of rotatable bonds is 8. The van der Waals surface area contributed by atoms with Crippen molar-refractivity contribution in [3.05, 3.63) is 144 Å². The quantitative estimate of drug-likeness (QED) is 0.136. The molecule has 13 heteroatoms. The fraction of sp³-hybridized carbons (Fsp3) is 0.238. The number of ether oxygens (including phenoxy) is 1. The van der Waals surface area contributed by atoms with E-state index in [0.717, 1.165) is 16.8 Å². The molecule has 0 N–H and O–H groups in total. The maximum atomic E-state index is 13.8. The first-order chi connectivity index (χ1) is 26.4. The van der Waals surface area contributed by atoms with E-state index in [2.05, 4.69) is 4.90 Å². The van der Waals surface area contributed by atoms with Crippen LogP contribution in [0.15, 0.2) is 131 Å².